The molecular weight excluding hydrogens is 226 g/mol. The van der Waals surface area contributed by atoms with Gasteiger partial charge in [-0.2, -0.15) is 5.10 Å². The molecule has 0 saturated heterocycles. The van der Waals surface area contributed by atoms with Crippen molar-refractivity contribution in [2.24, 2.45) is 5.73 Å². The largest absolute Gasteiger partial charge is 0.377 e. The Morgan fingerprint density at radius 1 is 1.39 bits per heavy atom. The van der Waals surface area contributed by atoms with E-state index in [-0.39, 0.29) is 11.6 Å². The highest BCUT2D eigenvalue weighted by molar-refractivity contribution is 5.05. The van der Waals surface area contributed by atoms with Crippen LogP contribution in [0.3, 0.4) is 0 Å². The molecule has 1 heterocycles. The SMILES string of the molecule is CCC(CC)(OC)C(N)Cc1ccn(C(C)C)n1. The molecule has 4 heteroatoms. The molecule has 104 valence electrons. The van der Waals surface area contributed by atoms with Gasteiger partial charge in [0.05, 0.1) is 11.3 Å². The van der Waals surface area contributed by atoms with Gasteiger partial charge in [-0.3, -0.25) is 4.68 Å². The summed E-state index contributed by atoms with van der Waals surface area (Å²) in [7, 11) is 1.75. The predicted octanol–water partition coefficient (Wildman–Crippen LogP) is 2.54. The first-order valence-corrected chi connectivity index (χ1v) is 6.83. The fourth-order valence-electron chi connectivity index (χ4n) is 2.40. The van der Waals surface area contributed by atoms with Gasteiger partial charge < -0.3 is 10.5 Å². The zero-order chi connectivity index (χ0) is 13.8. The number of nitrogens with two attached hydrogens (primary N) is 1. The van der Waals surface area contributed by atoms with Crippen LogP contribution in [0.1, 0.15) is 52.3 Å². The molecule has 0 bridgehead atoms. The maximum absolute atomic E-state index is 6.33. The van der Waals surface area contributed by atoms with Gasteiger partial charge in [0.1, 0.15) is 0 Å². The first-order chi connectivity index (χ1) is 8.49. The van der Waals surface area contributed by atoms with E-state index in [1.54, 1.807) is 7.11 Å². The minimum atomic E-state index is -0.235. The molecule has 0 spiro atoms. The van der Waals surface area contributed by atoms with E-state index >= 15 is 0 Å². The molecule has 1 unspecified atom stereocenters. The molecule has 0 amide bonds. The first-order valence-electron chi connectivity index (χ1n) is 6.83. The third kappa shape index (κ3) is 3.12. The van der Waals surface area contributed by atoms with Gasteiger partial charge in [-0.15, -0.1) is 0 Å². The molecule has 2 N–H and O–H groups in total. The van der Waals surface area contributed by atoms with Gasteiger partial charge >= 0.3 is 0 Å². The molecule has 0 fully saturated rings. The lowest BCUT2D eigenvalue weighted by Gasteiger charge is -2.36. The van der Waals surface area contributed by atoms with Crippen LogP contribution in [0.5, 0.6) is 0 Å². The number of hydrogen-bond donors (Lipinski definition) is 1. The summed E-state index contributed by atoms with van der Waals surface area (Å²) >= 11 is 0. The van der Waals surface area contributed by atoms with Gasteiger partial charge in [0, 0.05) is 31.8 Å². The standard InChI is InChI=1S/C14H27N3O/c1-6-14(7-2,18-5)13(15)10-12-8-9-17(16-12)11(3)4/h8-9,11,13H,6-7,10,15H2,1-5H3. The van der Waals surface area contributed by atoms with Crippen molar-refractivity contribution < 1.29 is 4.74 Å². The van der Waals surface area contributed by atoms with Crippen molar-refractivity contribution in [1.82, 2.24) is 9.78 Å². The molecule has 1 aromatic rings. The topological polar surface area (TPSA) is 53.1 Å². The molecule has 18 heavy (non-hydrogen) atoms. The summed E-state index contributed by atoms with van der Waals surface area (Å²) in [5, 5.41) is 4.55. The normalized spacial score (nSPS) is 14.2. The molecular formula is C14H27N3O. The van der Waals surface area contributed by atoms with Gasteiger partial charge in [-0.25, -0.2) is 0 Å². The van der Waals surface area contributed by atoms with Crippen LogP contribution in [0, 0.1) is 0 Å². The van der Waals surface area contributed by atoms with Crippen LogP contribution in [-0.2, 0) is 11.2 Å². The van der Waals surface area contributed by atoms with Crippen LogP contribution < -0.4 is 5.73 Å². The van der Waals surface area contributed by atoms with Gasteiger partial charge in [0.15, 0.2) is 0 Å². The fourth-order valence-corrected chi connectivity index (χ4v) is 2.40. The summed E-state index contributed by atoms with van der Waals surface area (Å²) in [6.45, 7) is 8.49. The Morgan fingerprint density at radius 3 is 2.39 bits per heavy atom. The summed E-state index contributed by atoms with van der Waals surface area (Å²) in [5.41, 5.74) is 7.13. The summed E-state index contributed by atoms with van der Waals surface area (Å²) in [4.78, 5) is 0. The monoisotopic (exact) mass is 253 g/mol. The molecule has 1 atom stereocenters. The molecule has 0 aliphatic rings. The quantitative estimate of drug-likeness (QED) is 0.812. The number of hydrogen-bond acceptors (Lipinski definition) is 3. The Balaban J connectivity index is 2.76. The third-order valence-electron chi connectivity index (χ3n) is 3.90. The molecule has 1 rings (SSSR count). The molecule has 4 nitrogen and oxygen atoms in total. The van der Waals surface area contributed by atoms with E-state index in [0.717, 1.165) is 25.0 Å². The highest BCUT2D eigenvalue weighted by Crippen LogP contribution is 2.25. The van der Waals surface area contributed by atoms with E-state index in [1.807, 2.05) is 16.9 Å². The molecule has 0 aliphatic heterocycles. The summed E-state index contributed by atoms with van der Waals surface area (Å²) in [6, 6.07) is 2.42. The van der Waals surface area contributed by atoms with Crippen molar-refractivity contribution in [2.45, 2.75) is 64.6 Å². The zero-order valence-electron chi connectivity index (χ0n) is 12.3. The lowest BCUT2D eigenvalue weighted by atomic mass is 9.86. The van der Waals surface area contributed by atoms with E-state index < -0.39 is 0 Å². The van der Waals surface area contributed by atoms with Gasteiger partial charge in [0.25, 0.3) is 0 Å². The van der Waals surface area contributed by atoms with E-state index in [4.69, 9.17) is 10.5 Å². The minimum Gasteiger partial charge on any atom is -0.377 e. The van der Waals surface area contributed by atoms with Crippen molar-refractivity contribution in [3.63, 3.8) is 0 Å². The van der Waals surface area contributed by atoms with Gasteiger partial charge in [-0.1, -0.05) is 13.8 Å². The Kier molecular flexibility index (Phi) is 5.35. The highest BCUT2D eigenvalue weighted by atomic mass is 16.5. The average Bonchev–Trinajstić information content (AvgIpc) is 2.81. The average molecular weight is 253 g/mol. The minimum absolute atomic E-state index is 0.0204. The first kappa shape index (κ1) is 15.2. The molecule has 0 radical (unpaired) electrons. The zero-order valence-corrected chi connectivity index (χ0v) is 12.3. The van der Waals surface area contributed by atoms with Crippen LogP contribution in [0.2, 0.25) is 0 Å². The van der Waals surface area contributed by atoms with Gasteiger partial charge in [0.2, 0.25) is 0 Å². The Morgan fingerprint density at radius 2 is 2.00 bits per heavy atom. The second-order valence-corrected chi connectivity index (χ2v) is 5.17. The predicted molar refractivity (Wildman–Crippen MR) is 74.6 cm³/mol. The number of methoxy groups -OCH3 is 1. The van der Waals surface area contributed by atoms with Crippen molar-refractivity contribution in [3.05, 3.63) is 18.0 Å². The summed E-state index contributed by atoms with van der Waals surface area (Å²) in [5.74, 6) is 0. The summed E-state index contributed by atoms with van der Waals surface area (Å²) < 4.78 is 7.63. The van der Waals surface area contributed by atoms with Crippen molar-refractivity contribution in [3.8, 4) is 0 Å². The van der Waals surface area contributed by atoms with Crippen LogP contribution in [0.25, 0.3) is 0 Å². The lowest BCUT2D eigenvalue weighted by molar-refractivity contribution is -0.0376. The van der Waals surface area contributed by atoms with E-state index in [1.165, 1.54) is 0 Å². The Hall–Kier alpha value is -0.870. The smallest absolute Gasteiger partial charge is 0.0827 e. The van der Waals surface area contributed by atoms with Crippen LogP contribution in [0.4, 0.5) is 0 Å². The molecule has 0 aromatic carbocycles. The number of rotatable bonds is 7. The number of aromatic nitrogens is 2. The number of nitrogens with zero attached hydrogens (tertiary/aromatic N) is 2. The molecule has 0 aliphatic carbocycles. The second-order valence-electron chi connectivity index (χ2n) is 5.17. The van der Waals surface area contributed by atoms with Crippen LogP contribution in [-0.4, -0.2) is 28.5 Å². The van der Waals surface area contributed by atoms with E-state index in [0.29, 0.717) is 6.04 Å². The fraction of sp³-hybridized carbons (Fsp3) is 0.786. The Labute approximate surface area is 111 Å². The van der Waals surface area contributed by atoms with E-state index in [9.17, 15) is 0 Å². The van der Waals surface area contributed by atoms with Gasteiger partial charge in [-0.05, 0) is 32.8 Å². The van der Waals surface area contributed by atoms with E-state index in [2.05, 4.69) is 32.8 Å². The molecule has 0 saturated carbocycles. The summed E-state index contributed by atoms with van der Waals surface area (Å²) in [6.07, 6.45) is 4.62. The Bertz CT molecular complexity index is 347. The van der Waals surface area contributed by atoms with Crippen LogP contribution in [0.15, 0.2) is 12.3 Å². The second kappa shape index (κ2) is 6.34. The van der Waals surface area contributed by atoms with Crippen molar-refractivity contribution in [2.75, 3.05) is 7.11 Å². The lowest BCUT2D eigenvalue weighted by Crippen LogP contribution is -2.50. The maximum Gasteiger partial charge on any atom is 0.0827 e. The van der Waals surface area contributed by atoms with Crippen LogP contribution >= 0.6 is 0 Å². The third-order valence-corrected chi connectivity index (χ3v) is 3.90. The van der Waals surface area contributed by atoms with Crippen molar-refractivity contribution >= 4 is 0 Å². The highest BCUT2D eigenvalue weighted by Gasteiger charge is 2.33. The van der Waals surface area contributed by atoms with Crippen molar-refractivity contribution in [1.29, 1.82) is 0 Å². The molecule has 1 aromatic heterocycles. The number of ether oxygens (including phenoxy) is 1. The maximum atomic E-state index is 6.33.